The molecular weight excluding hydrogens is 2050 g/mol. The summed E-state index contributed by atoms with van der Waals surface area (Å²) in [5.41, 5.74) is 8.43. The summed E-state index contributed by atoms with van der Waals surface area (Å²) >= 11 is 6.53. The lowest BCUT2D eigenvalue weighted by Gasteiger charge is -2.37. The Balaban J connectivity index is 0.000000191. The van der Waals surface area contributed by atoms with E-state index >= 15 is 0 Å². The number of aryl methyl sites for hydroxylation is 1. The topological polar surface area (TPSA) is 426 Å². The maximum atomic E-state index is 14.7. The number of nitrogens with zero attached hydrogens (tertiary/aromatic N) is 4. The van der Waals surface area contributed by atoms with E-state index in [0.717, 1.165) is 60.6 Å². The van der Waals surface area contributed by atoms with Crippen molar-refractivity contribution in [3.63, 3.8) is 0 Å². The number of sulfonamides is 5. The number of nitrogens with one attached hydrogen (secondary N) is 10. The molecule has 14 rings (SSSR count). The zero-order valence-electron chi connectivity index (χ0n) is 86.8. The van der Waals surface area contributed by atoms with Crippen molar-refractivity contribution in [1.29, 1.82) is 0 Å². The third-order valence-corrected chi connectivity index (χ3v) is 33.9. The minimum atomic E-state index is -3.52. The van der Waals surface area contributed by atoms with E-state index in [4.69, 9.17) is 30.5 Å². The van der Waals surface area contributed by atoms with Crippen LogP contribution < -0.4 is 69.8 Å². The Morgan fingerprint density at radius 1 is 0.315 bits per heavy atom. The Hall–Kier alpha value is -11.8. The second-order valence-electron chi connectivity index (χ2n) is 39.0. The standard InChI is InChI=1S/C23H31N3O4S.C22H34ClN3O4S.2C22H28FN3O4S.C16H15F3N2O3S/c1-15(2)31(28,29)25-20-8-6-19(7-9-20)23(27)24-22-11-10-21(12-16(22)3)26-13-17(4)30-18(5)14-26;1-14(2)31(28,29)25-18-7-5-17(6-8-18)22(27)24-19-9-10-21(20(23)11-19)26-12-15(3)30-16(4)13-26;1-14(2)31(28,29)25-19-8-5-17(6-9-19)22(27)24-20-10-7-18(23)11-21(20)26-12-15(3)30-16(4)13-26;1-14(2)31(28,29)25-18-7-5-17(6-8-18)22(27)24-21-10-9-19(11-20(21)23)26-12-15(3)30-16(4)13-26;1-9(2)25(23,24)21-11-5-3-10(4-6-11)16(22)20-13-8-7-12(17)14(18)15(13)19/h6-12,15,17-18,25H,13-14H2,1-5H3,(H,24,27);9-11,14-18,25H,5-8,12-13H2,1-4H3,(H,24,27);2*5-11,14-16,25H,12-13H2,1-4H3,(H,24,27);3-9,21H,1-2H3,(H,20,22)/t17-,18+;15-,16+,17?,18?;2*15-,16+;. The highest BCUT2D eigenvalue weighted by atomic mass is 35.5. The molecule has 44 heteroatoms. The molecular formula is C105H136ClF5N14O19S5. The maximum Gasteiger partial charge on any atom is 0.255 e. The molecule has 149 heavy (non-hydrogen) atoms. The molecule has 812 valence electrons. The summed E-state index contributed by atoms with van der Waals surface area (Å²) in [7, 11) is -17.2. The van der Waals surface area contributed by atoms with E-state index in [1.54, 1.807) is 104 Å². The van der Waals surface area contributed by atoms with Crippen LogP contribution in [0.25, 0.3) is 0 Å². The average molecular weight is 2190 g/mol. The van der Waals surface area contributed by atoms with Crippen molar-refractivity contribution in [2.24, 2.45) is 5.92 Å². The van der Waals surface area contributed by atoms with E-state index < -0.39 is 117 Å². The van der Waals surface area contributed by atoms with E-state index in [0.29, 0.717) is 108 Å². The van der Waals surface area contributed by atoms with Crippen LogP contribution in [0.1, 0.15) is 197 Å². The fourth-order valence-corrected chi connectivity index (χ4v) is 20.5. The quantitative estimate of drug-likeness (QED) is 0.0154. The predicted octanol–water partition coefficient (Wildman–Crippen LogP) is 19.0. The van der Waals surface area contributed by atoms with Crippen LogP contribution in [-0.2, 0) is 73.9 Å². The largest absolute Gasteiger partial charge is 0.372 e. The molecule has 5 amide bonds. The Bertz CT molecular complexity index is 6560. The van der Waals surface area contributed by atoms with Gasteiger partial charge in [-0.3, -0.25) is 42.9 Å². The van der Waals surface area contributed by atoms with Crippen molar-refractivity contribution in [2.75, 3.05) is 117 Å². The number of morpholine rings is 4. The molecule has 9 aromatic carbocycles. The van der Waals surface area contributed by atoms with Crippen LogP contribution in [0, 0.1) is 41.9 Å². The van der Waals surface area contributed by atoms with Gasteiger partial charge in [-0.15, -0.1) is 0 Å². The molecule has 0 radical (unpaired) electrons. The normalized spacial score (nSPS) is 19.7. The van der Waals surface area contributed by atoms with Crippen molar-refractivity contribution in [3.8, 4) is 0 Å². The van der Waals surface area contributed by atoms with Gasteiger partial charge in [0.05, 0.1) is 109 Å². The smallest absolute Gasteiger partial charge is 0.255 e. The molecule has 10 N–H and O–H groups in total. The van der Waals surface area contributed by atoms with Crippen molar-refractivity contribution in [3.05, 3.63) is 244 Å². The number of carbonyl (C=O) groups is 5. The highest BCUT2D eigenvalue weighted by molar-refractivity contribution is 7.94. The number of hydrogen-bond donors (Lipinski definition) is 10. The van der Waals surface area contributed by atoms with Crippen LogP contribution in [0.5, 0.6) is 0 Å². The summed E-state index contributed by atoms with van der Waals surface area (Å²) in [4.78, 5) is 71.3. The third-order valence-electron chi connectivity index (χ3n) is 24.6. The van der Waals surface area contributed by atoms with Gasteiger partial charge in [0.25, 0.3) is 23.6 Å². The molecule has 5 aliphatic rings. The maximum absolute atomic E-state index is 14.7. The second kappa shape index (κ2) is 52.3. The molecule has 0 unspecified atom stereocenters. The Morgan fingerprint density at radius 2 is 0.624 bits per heavy atom. The SMILES string of the molecule is CC(C)S(=O)(=O)NC1CCC(C(=O)Nc2ccc(N3C[C@@H](C)O[C@@H](C)C3)c(Cl)c2)CC1.CC(C)S(=O)(=O)Nc1ccc(C(=O)Nc2ccc(F)c(F)c2F)cc1.CC(C)S(=O)(=O)Nc1ccc(C(=O)Nc2ccc(F)cc2N2C[C@@H](C)O[C@@H](C)C2)cc1.CC(C)S(=O)(=O)Nc1ccc(C(=O)Nc2ccc(N3C[C@@H](C)O[C@@H](C)C3)cc2F)cc1.Cc1cc(N2C[C@@H](C)O[C@@H](C)C2)ccc1NC(=O)c1ccc(NS(=O)(=O)C(C)C)cc1. The van der Waals surface area contributed by atoms with Gasteiger partial charge in [-0.25, -0.2) is 68.8 Å². The van der Waals surface area contributed by atoms with Gasteiger partial charge >= 0.3 is 0 Å². The average Bonchev–Trinajstić information content (AvgIpc) is 0.716. The summed E-state index contributed by atoms with van der Waals surface area (Å²) < 4.78 is 223. The number of benzene rings is 9. The van der Waals surface area contributed by atoms with Crippen molar-refractivity contribution in [1.82, 2.24) is 4.72 Å². The molecule has 0 spiro atoms. The first-order valence-corrected chi connectivity index (χ1v) is 57.2. The lowest BCUT2D eigenvalue weighted by atomic mass is 9.86. The van der Waals surface area contributed by atoms with Crippen LogP contribution in [0.3, 0.4) is 0 Å². The van der Waals surface area contributed by atoms with Crippen molar-refractivity contribution >= 4 is 165 Å². The minimum absolute atomic E-state index is 0.0160. The fraction of sp³-hybridized carbons (Fsp3) is 0.438. The summed E-state index contributed by atoms with van der Waals surface area (Å²) in [6.07, 6.45) is 3.35. The number of anilines is 13. The lowest BCUT2D eigenvalue weighted by Crippen LogP contribution is -2.45. The number of ether oxygens (including phenoxy) is 4. The molecule has 33 nitrogen and oxygen atoms in total. The van der Waals surface area contributed by atoms with Crippen LogP contribution in [-0.4, -0.2) is 205 Å². The van der Waals surface area contributed by atoms with Gasteiger partial charge in [-0.1, -0.05) is 11.6 Å². The zero-order valence-corrected chi connectivity index (χ0v) is 91.7. The van der Waals surface area contributed by atoms with Gasteiger partial charge in [0.15, 0.2) is 17.5 Å². The molecule has 9 aromatic rings. The molecule has 4 saturated heterocycles. The van der Waals surface area contributed by atoms with E-state index in [-0.39, 0.29) is 107 Å². The summed E-state index contributed by atoms with van der Waals surface area (Å²) in [5, 5.41) is 11.3. The first kappa shape index (κ1) is 119. The highest BCUT2D eigenvalue weighted by Gasteiger charge is 2.34. The van der Waals surface area contributed by atoms with Crippen molar-refractivity contribution in [2.45, 2.75) is 238 Å². The Kier molecular flexibility index (Phi) is 41.8. The third kappa shape index (κ3) is 34.6. The van der Waals surface area contributed by atoms with Gasteiger partial charge in [0.1, 0.15) is 11.6 Å². The first-order chi connectivity index (χ1) is 69.8. The second-order valence-corrected chi connectivity index (χ2v) is 50.6. The molecule has 1 saturated carbocycles. The number of amides is 5. The summed E-state index contributed by atoms with van der Waals surface area (Å²) in [6, 6.07) is 45.9. The number of carbonyl (C=O) groups excluding carboxylic acids is 5. The number of hydrogen-bond acceptors (Lipinski definition) is 23. The zero-order chi connectivity index (χ0) is 110. The molecule has 1 aliphatic carbocycles. The summed E-state index contributed by atoms with van der Waals surface area (Å²) in [6.45, 7) is 39.7. The number of halogens is 6. The first-order valence-electron chi connectivity index (χ1n) is 49.1. The number of rotatable bonds is 29. The summed E-state index contributed by atoms with van der Waals surface area (Å²) in [5.74, 6) is -7.50. The van der Waals surface area contributed by atoms with Gasteiger partial charge in [-0.05, 0) is 345 Å². The molecule has 8 atom stereocenters. The monoisotopic (exact) mass is 2190 g/mol. The van der Waals surface area contributed by atoms with Crippen LogP contribution in [0.4, 0.5) is 95.9 Å². The predicted molar refractivity (Wildman–Crippen MR) is 580 cm³/mol. The molecule has 5 fully saturated rings. The lowest BCUT2D eigenvalue weighted by molar-refractivity contribution is -0.120. The van der Waals surface area contributed by atoms with Gasteiger partial charge in [0.2, 0.25) is 56.0 Å². The molecule has 0 bridgehead atoms. The Morgan fingerprint density at radius 3 is 0.973 bits per heavy atom. The van der Waals surface area contributed by atoms with E-state index in [9.17, 15) is 88.0 Å². The van der Waals surface area contributed by atoms with Gasteiger partial charge in [0, 0.05) is 132 Å². The minimum Gasteiger partial charge on any atom is -0.372 e. The van der Waals surface area contributed by atoms with Crippen LogP contribution in [0.15, 0.2) is 182 Å². The van der Waals surface area contributed by atoms with E-state index in [1.165, 1.54) is 105 Å². The van der Waals surface area contributed by atoms with Crippen LogP contribution >= 0.6 is 11.6 Å². The van der Waals surface area contributed by atoms with Gasteiger partial charge in [-0.2, -0.15) is 0 Å². The molecule has 4 aliphatic heterocycles. The molecule has 4 heterocycles. The molecule has 0 aromatic heterocycles. The van der Waals surface area contributed by atoms with Crippen molar-refractivity contribution < 1.29 is 107 Å². The van der Waals surface area contributed by atoms with E-state index in [1.807, 2.05) is 77.6 Å². The Labute approximate surface area is 876 Å². The van der Waals surface area contributed by atoms with Crippen LogP contribution in [0.2, 0.25) is 5.02 Å². The highest BCUT2D eigenvalue weighted by Crippen LogP contribution is 2.37. The van der Waals surface area contributed by atoms with Gasteiger partial charge < -0.3 is 65.1 Å². The van der Waals surface area contributed by atoms with E-state index in [2.05, 4.69) is 84.8 Å². The fourth-order valence-electron chi connectivity index (χ4n) is 16.4.